The van der Waals surface area contributed by atoms with E-state index >= 15 is 0 Å². The smallest absolute Gasteiger partial charge is 0.323 e. The number of benzene rings is 2. The average Bonchev–Trinajstić information content (AvgIpc) is 3.39. The summed E-state index contributed by atoms with van der Waals surface area (Å²) in [4.78, 5) is 17.7. The van der Waals surface area contributed by atoms with E-state index in [-0.39, 0.29) is 11.2 Å². The van der Waals surface area contributed by atoms with Gasteiger partial charge >= 0.3 is 5.69 Å². The van der Waals surface area contributed by atoms with Crippen molar-refractivity contribution in [1.29, 1.82) is 0 Å². The maximum absolute atomic E-state index is 11.7. The average molecular weight is 376 g/mol. The molecule has 0 spiro atoms. The SMILES string of the molecule is O=[N+]([O-])c1c(N2CCCC2)cc(Nc2ccc3ncccc3c2)c2nonc12. The van der Waals surface area contributed by atoms with E-state index in [2.05, 4.69) is 20.6 Å². The van der Waals surface area contributed by atoms with Gasteiger partial charge in [-0.15, -0.1) is 0 Å². The Morgan fingerprint density at radius 2 is 1.93 bits per heavy atom. The molecular formula is C19H16N6O3. The van der Waals surface area contributed by atoms with Crippen molar-refractivity contribution >= 4 is 44.7 Å². The Morgan fingerprint density at radius 3 is 2.75 bits per heavy atom. The zero-order chi connectivity index (χ0) is 19.1. The molecule has 4 aromatic rings. The summed E-state index contributed by atoms with van der Waals surface area (Å²) < 4.78 is 4.85. The van der Waals surface area contributed by atoms with Crippen molar-refractivity contribution in [1.82, 2.24) is 15.3 Å². The van der Waals surface area contributed by atoms with Gasteiger partial charge in [-0.25, -0.2) is 4.63 Å². The second-order valence-corrected chi connectivity index (χ2v) is 6.74. The summed E-state index contributed by atoms with van der Waals surface area (Å²) in [7, 11) is 0. The minimum Gasteiger partial charge on any atom is -0.366 e. The van der Waals surface area contributed by atoms with Crippen LogP contribution < -0.4 is 10.2 Å². The van der Waals surface area contributed by atoms with Gasteiger partial charge in [-0.05, 0) is 53.5 Å². The van der Waals surface area contributed by atoms with Gasteiger partial charge in [-0.1, -0.05) is 6.07 Å². The molecule has 140 valence electrons. The Balaban J connectivity index is 1.64. The molecule has 1 N–H and O–H groups in total. The number of rotatable bonds is 4. The lowest BCUT2D eigenvalue weighted by Crippen LogP contribution is -2.19. The molecule has 0 unspecified atom stereocenters. The fraction of sp³-hybridized carbons (Fsp3) is 0.211. The van der Waals surface area contributed by atoms with Crippen LogP contribution in [-0.4, -0.2) is 33.3 Å². The summed E-state index contributed by atoms with van der Waals surface area (Å²) in [5.41, 5.74) is 3.29. The maximum Gasteiger partial charge on any atom is 0.323 e. The fourth-order valence-electron chi connectivity index (χ4n) is 3.70. The number of nitro benzene ring substituents is 1. The van der Waals surface area contributed by atoms with Crippen molar-refractivity contribution in [3.63, 3.8) is 0 Å². The molecular weight excluding hydrogens is 360 g/mol. The van der Waals surface area contributed by atoms with Crippen molar-refractivity contribution in [2.24, 2.45) is 0 Å². The Bertz CT molecular complexity index is 1200. The predicted molar refractivity (Wildman–Crippen MR) is 105 cm³/mol. The standard InChI is InChI=1S/C19H16N6O3/c26-25(27)19-16(24-8-1-2-9-24)11-15(17-18(19)23-28-22-17)21-13-5-6-14-12(10-13)4-3-7-20-14/h3-7,10-11,21H,1-2,8-9H2. The topological polar surface area (TPSA) is 110 Å². The number of hydrogen-bond donors (Lipinski definition) is 1. The van der Waals surface area contributed by atoms with Gasteiger partial charge in [0, 0.05) is 30.4 Å². The minimum atomic E-state index is -0.411. The van der Waals surface area contributed by atoms with Crippen molar-refractivity contribution in [3.05, 3.63) is 52.7 Å². The van der Waals surface area contributed by atoms with Gasteiger partial charge in [-0.3, -0.25) is 15.1 Å². The maximum atomic E-state index is 11.7. The first-order valence-electron chi connectivity index (χ1n) is 9.01. The van der Waals surface area contributed by atoms with Gasteiger partial charge in [-0.2, -0.15) is 0 Å². The largest absolute Gasteiger partial charge is 0.366 e. The first-order chi connectivity index (χ1) is 13.7. The first kappa shape index (κ1) is 16.4. The molecule has 0 radical (unpaired) electrons. The molecule has 1 aliphatic rings. The quantitative estimate of drug-likeness (QED) is 0.420. The van der Waals surface area contributed by atoms with Crippen LogP contribution >= 0.6 is 0 Å². The van der Waals surface area contributed by atoms with Gasteiger partial charge in [0.1, 0.15) is 5.69 Å². The molecule has 9 heteroatoms. The van der Waals surface area contributed by atoms with E-state index in [9.17, 15) is 10.1 Å². The summed E-state index contributed by atoms with van der Waals surface area (Å²) in [6.07, 6.45) is 3.76. The van der Waals surface area contributed by atoms with Crippen LogP contribution in [0.4, 0.5) is 22.7 Å². The Labute approximate surface area is 159 Å². The van der Waals surface area contributed by atoms with E-state index < -0.39 is 4.92 Å². The van der Waals surface area contributed by atoms with Gasteiger partial charge in [0.2, 0.25) is 5.52 Å². The van der Waals surface area contributed by atoms with Crippen LogP contribution in [0.3, 0.4) is 0 Å². The minimum absolute atomic E-state index is 0.0635. The number of aromatic nitrogens is 3. The molecule has 0 saturated carbocycles. The monoisotopic (exact) mass is 376 g/mol. The lowest BCUT2D eigenvalue weighted by atomic mass is 10.1. The highest BCUT2D eigenvalue weighted by Gasteiger charge is 2.30. The number of pyridine rings is 1. The highest BCUT2D eigenvalue weighted by molar-refractivity contribution is 6.01. The highest BCUT2D eigenvalue weighted by atomic mass is 16.6. The number of nitrogens with one attached hydrogen (secondary N) is 1. The number of fused-ring (bicyclic) bond motifs is 2. The van der Waals surface area contributed by atoms with Gasteiger partial charge < -0.3 is 10.2 Å². The van der Waals surface area contributed by atoms with Crippen LogP contribution in [0.25, 0.3) is 21.9 Å². The van der Waals surface area contributed by atoms with Crippen molar-refractivity contribution < 1.29 is 9.55 Å². The third kappa shape index (κ3) is 2.68. The molecule has 1 fully saturated rings. The normalized spacial score (nSPS) is 14.1. The number of nitro groups is 1. The van der Waals surface area contributed by atoms with E-state index in [4.69, 9.17) is 4.63 Å². The van der Waals surface area contributed by atoms with E-state index in [1.54, 1.807) is 12.3 Å². The number of hydrogen-bond acceptors (Lipinski definition) is 8. The molecule has 9 nitrogen and oxygen atoms in total. The van der Waals surface area contributed by atoms with Crippen LogP contribution in [0.2, 0.25) is 0 Å². The van der Waals surface area contributed by atoms with Gasteiger partial charge in [0.15, 0.2) is 5.52 Å². The van der Waals surface area contributed by atoms with Crippen LogP contribution in [-0.2, 0) is 0 Å². The third-order valence-corrected chi connectivity index (χ3v) is 5.00. The fourth-order valence-corrected chi connectivity index (χ4v) is 3.70. The molecule has 5 rings (SSSR count). The highest BCUT2D eigenvalue weighted by Crippen LogP contribution is 2.41. The summed E-state index contributed by atoms with van der Waals surface area (Å²) in [5, 5.41) is 23.8. The van der Waals surface area contributed by atoms with E-state index in [0.29, 0.717) is 16.9 Å². The second-order valence-electron chi connectivity index (χ2n) is 6.74. The molecule has 28 heavy (non-hydrogen) atoms. The molecule has 0 amide bonds. The summed E-state index contributed by atoms with van der Waals surface area (Å²) >= 11 is 0. The third-order valence-electron chi connectivity index (χ3n) is 5.00. The Hall–Kier alpha value is -3.75. The van der Waals surface area contributed by atoms with Crippen LogP contribution in [0.1, 0.15) is 12.8 Å². The Morgan fingerprint density at radius 1 is 1.11 bits per heavy atom. The predicted octanol–water partition coefficient (Wildman–Crippen LogP) is 4.02. The van der Waals surface area contributed by atoms with Gasteiger partial charge in [0.05, 0.1) is 16.1 Å². The molecule has 2 aromatic heterocycles. The van der Waals surface area contributed by atoms with E-state index in [1.165, 1.54) is 0 Å². The van der Waals surface area contributed by atoms with Crippen molar-refractivity contribution in [2.45, 2.75) is 12.8 Å². The molecule has 0 aliphatic carbocycles. The number of anilines is 3. The van der Waals surface area contributed by atoms with Crippen molar-refractivity contribution in [3.8, 4) is 0 Å². The molecule has 1 saturated heterocycles. The summed E-state index contributed by atoms with van der Waals surface area (Å²) in [6, 6.07) is 11.4. The van der Waals surface area contributed by atoms with E-state index in [1.807, 2.05) is 35.2 Å². The summed E-state index contributed by atoms with van der Waals surface area (Å²) in [5.74, 6) is 0. The first-order valence-corrected chi connectivity index (χ1v) is 9.01. The molecule has 1 aliphatic heterocycles. The van der Waals surface area contributed by atoms with Crippen LogP contribution in [0, 0.1) is 10.1 Å². The molecule has 2 aromatic carbocycles. The number of nitrogens with zero attached hydrogens (tertiary/aromatic N) is 5. The molecule has 0 atom stereocenters. The van der Waals surface area contributed by atoms with E-state index in [0.717, 1.165) is 42.5 Å². The van der Waals surface area contributed by atoms with Crippen LogP contribution in [0.5, 0.6) is 0 Å². The lowest BCUT2D eigenvalue weighted by molar-refractivity contribution is -0.382. The van der Waals surface area contributed by atoms with Crippen LogP contribution in [0.15, 0.2) is 47.2 Å². The molecule has 0 bridgehead atoms. The Kier molecular flexibility index (Phi) is 3.78. The molecule has 3 heterocycles. The van der Waals surface area contributed by atoms with Gasteiger partial charge in [0.25, 0.3) is 0 Å². The zero-order valence-corrected chi connectivity index (χ0v) is 14.8. The van der Waals surface area contributed by atoms with Crippen molar-refractivity contribution in [2.75, 3.05) is 23.3 Å². The zero-order valence-electron chi connectivity index (χ0n) is 14.8. The summed E-state index contributed by atoms with van der Waals surface area (Å²) in [6.45, 7) is 1.55. The second kappa shape index (κ2) is 6.45. The lowest BCUT2D eigenvalue weighted by Gasteiger charge is -2.19.